The van der Waals surface area contributed by atoms with Gasteiger partial charge in [-0.15, -0.1) is 12.4 Å². The summed E-state index contributed by atoms with van der Waals surface area (Å²) >= 11 is 0. The standard InChI is InChI=1S/C6H15N3O2S.ClH/c1-5(12(8,10)11)9-3-2-6(7)4-9;/h5-6H,2-4,7H2,1H3,(H2,8,10,11);1H. The van der Waals surface area contributed by atoms with Crippen molar-refractivity contribution in [2.75, 3.05) is 13.1 Å². The lowest BCUT2D eigenvalue weighted by Crippen LogP contribution is -2.42. The van der Waals surface area contributed by atoms with Gasteiger partial charge in [-0.3, -0.25) is 4.90 Å². The number of hydrogen-bond donors (Lipinski definition) is 2. The molecule has 80 valence electrons. The Labute approximate surface area is 84.9 Å². The van der Waals surface area contributed by atoms with Crippen molar-refractivity contribution < 1.29 is 8.42 Å². The van der Waals surface area contributed by atoms with Crippen molar-refractivity contribution >= 4 is 22.4 Å². The number of sulfonamides is 1. The molecule has 0 aromatic rings. The summed E-state index contributed by atoms with van der Waals surface area (Å²) in [5, 5.41) is 4.39. The molecule has 0 spiro atoms. The molecular weight excluding hydrogens is 214 g/mol. The van der Waals surface area contributed by atoms with Crippen LogP contribution in [-0.2, 0) is 10.0 Å². The number of nitrogens with two attached hydrogens (primary N) is 2. The van der Waals surface area contributed by atoms with Crippen LogP contribution in [0.25, 0.3) is 0 Å². The van der Waals surface area contributed by atoms with E-state index in [0.29, 0.717) is 6.54 Å². The van der Waals surface area contributed by atoms with Crippen LogP contribution < -0.4 is 10.9 Å². The summed E-state index contributed by atoms with van der Waals surface area (Å²) in [6.07, 6.45) is 0.847. The zero-order chi connectivity index (χ0) is 9.35. The molecule has 1 fully saturated rings. The Kier molecular flexibility index (Phi) is 4.61. The molecule has 0 radical (unpaired) electrons. The molecule has 13 heavy (non-hydrogen) atoms. The van der Waals surface area contributed by atoms with Crippen LogP contribution in [0.3, 0.4) is 0 Å². The summed E-state index contributed by atoms with van der Waals surface area (Å²) in [7, 11) is -3.44. The molecule has 7 heteroatoms. The van der Waals surface area contributed by atoms with E-state index < -0.39 is 15.4 Å². The molecule has 0 aromatic heterocycles. The fourth-order valence-electron chi connectivity index (χ4n) is 1.35. The molecule has 2 unspecified atom stereocenters. The van der Waals surface area contributed by atoms with Gasteiger partial charge in [0.2, 0.25) is 10.0 Å². The minimum atomic E-state index is -3.44. The van der Waals surface area contributed by atoms with Crippen LogP contribution in [0.15, 0.2) is 0 Å². The van der Waals surface area contributed by atoms with Gasteiger partial charge in [-0.2, -0.15) is 0 Å². The first-order valence-electron chi connectivity index (χ1n) is 3.92. The van der Waals surface area contributed by atoms with Crippen molar-refractivity contribution in [3.05, 3.63) is 0 Å². The van der Waals surface area contributed by atoms with Crippen molar-refractivity contribution in [2.24, 2.45) is 10.9 Å². The van der Waals surface area contributed by atoms with Crippen LogP contribution in [0.2, 0.25) is 0 Å². The Balaban J connectivity index is 0.00000144. The highest BCUT2D eigenvalue weighted by molar-refractivity contribution is 7.89. The van der Waals surface area contributed by atoms with Gasteiger partial charge in [0.15, 0.2) is 0 Å². The maximum absolute atomic E-state index is 10.9. The monoisotopic (exact) mass is 229 g/mol. The molecular formula is C6H16ClN3O2S. The molecule has 0 aromatic carbocycles. The average Bonchev–Trinajstić information content (AvgIpc) is 2.32. The molecule has 0 saturated carbocycles. The van der Waals surface area contributed by atoms with Gasteiger partial charge < -0.3 is 5.73 Å². The third-order valence-electron chi connectivity index (χ3n) is 2.25. The maximum Gasteiger partial charge on any atom is 0.225 e. The largest absolute Gasteiger partial charge is 0.326 e. The van der Waals surface area contributed by atoms with E-state index in [0.717, 1.165) is 13.0 Å². The van der Waals surface area contributed by atoms with Crippen molar-refractivity contribution in [1.29, 1.82) is 0 Å². The lowest BCUT2D eigenvalue weighted by atomic mass is 10.3. The average molecular weight is 230 g/mol. The summed E-state index contributed by atoms with van der Waals surface area (Å²) in [5.74, 6) is 0. The summed E-state index contributed by atoms with van der Waals surface area (Å²) in [6.45, 7) is 2.93. The van der Waals surface area contributed by atoms with Gasteiger partial charge in [-0.1, -0.05) is 0 Å². The third-order valence-corrected chi connectivity index (χ3v) is 3.49. The molecule has 1 heterocycles. The predicted molar refractivity (Wildman–Crippen MR) is 54.0 cm³/mol. The van der Waals surface area contributed by atoms with Crippen molar-refractivity contribution in [3.63, 3.8) is 0 Å². The molecule has 0 bridgehead atoms. The molecule has 1 aliphatic heterocycles. The Bertz CT molecular complexity index is 257. The maximum atomic E-state index is 10.9. The topological polar surface area (TPSA) is 89.4 Å². The molecule has 1 saturated heterocycles. The number of halogens is 1. The molecule has 2 atom stereocenters. The molecule has 4 N–H and O–H groups in total. The molecule has 1 aliphatic rings. The van der Waals surface area contributed by atoms with E-state index in [-0.39, 0.29) is 18.4 Å². The third kappa shape index (κ3) is 3.40. The Morgan fingerprint density at radius 2 is 2.08 bits per heavy atom. The van der Waals surface area contributed by atoms with Gasteiger partial charge in [0.25, 0.3) is 0 Å². The van der Waals surface area contributed by atoms with E-state index in [1.54, 1.807) is 11.8 Å². The second kappa shape index (κ2) is 4.56. The van der Waals surface area contributed by atoms with Gasteiger partial charge in [0.05, 0.1) is 0 Å². The Morgan fingerprint density at radius 1 is 1.54 bits per heavy atom. The minimum absolute atomic E-state index is 0. The van der Waals surface area contributed by atoms with Crippen LogP contribution in [0.1, 0.15) is 13.3 Å². The number of primary sulfonamides is 1. The predicted octanol–water partition coefficient (Wildman–Crippen LogP) is -0.924. The summed E-state index contributed by atoms with van der Waals surface area (Å²) in [6, 6.07) is 0.0919. The molecule has 5 nitrogen and oxygen atoms in total. The van der Waals surface area contributed by atoms with Crippen LogP contribution in [0.4, 0.5) is 0 Å². The van der Waals surface area contributed by atoms with Gasteiger partial charge in [-0.05, 0) is 13.3 Å². The minimum Gasteiger partial charge on any atom is -0.326 e. The Hall–Kier alpha value is 0.120. The van der Waals surface area contributed by atoms with Crippen molar-refractivity contribution in [2.45, 2.75) is 24.8 Å². The van der Waals surface area contributed by atoms with Gasteiger partial charge in [-0.25, -0.2) is 13.6 Å². The van der Waals surface area contributed by atoms with Crippen LogP contribution in [0.5, 0.6) is 0 Å². The normalized spacial score (nSPS) is 26.8. The highest BCUT2D eigenvalue weighted by Crippen LogP contribution is 2.12. The van der Waals surface area contributed by atoms with Gasteiger partial charge in [0.1, 0.15) is 5.37 Å². The highest BCUT2D eigenvalue weighted by Gasteiger charge is 2.29. The van der Waals surface area contributed by atoms with E-state index in [9.17, 15) is 8.42 Å². The molecule has 0 aliphatic carbocycles. The van der Waals surface area contributed by atoms with Gasteiger partial charge >= 0.3 is 0 Å². The first-order valence-corrected chi connectivity index (χ1v) is 5.53. The second-order valence-corrected chi connectivity index (χ2v) is 5.09. The van der Waals surface area contributed by atoms with Crippen molar-refractivity contribution in [1.82, 2.24) is 4.90 Å². The fourth-order valence-corrected chi connectivity index (χ4v) is 1.96. The smallest absolute Gasteiger partial charge is 0.225 e. The first-order chi connectivity index (χ1) is 5.41. The summed E-state index contributed by atoms with van der Waals surface area (Å²) in [5.41, 5.74) is 5.63. The summed E-state index contributed by atoms with van der Waals surface area (Å²) < 4.78 is 21.8. The van der Waals surface area contributed by atoms with E-state index >= 15 is 0 Å². The van der Waals surface area contributed by atoms with Crippen LogP contribution in [-0.4, -0.2) is 37.8 Å². The highest BCUT2D eigenvalue weighted by atomic mass is 35.5. The lowest BCUT2D eigenvalue weighted by molar-refractivity contribution is 0.314. The number of hydrogen-bond acceptors (Lipinski definition) is 4. The van der Waals surface area contributed by atoms with E-state index in [1.165, 1.54) is 0 Å². The van der Waals surface area contributed by atoms with Crippen molar-refractivity contribution in [3.8, 4) is 0 Å². The zero-order valence-corrected chi connectivity index (χ0v) is 9.14. The summed E-state index contributed by atoms with van der Waals surface area (Å²) in [4.78, 5) is 1.79. The quantitative estimate of drug-likeness (QED) is 0.641. The number of likely N-dealkylation sites (tertiary alicyclic amines) is 1. The fraction of sp³-hybridized carbons (Fsp3) is 1.00. The van der Waals surface area contributed by atoms with Gasteiger partial charge in [0, 0.05) is 19.1 Å². The van der Waals surface area contributed by atoms with E-state index in [4.69, 9.17) is 10.9 Å². The van der Waals surface area contributed by atoms with Crippen LogP contribution >= 0.6 is 12.4 Å². The lowest BCUT2D eigenvalue weighted by Gasteiger charge is -2.21. The second-order valence-electron chi connectivity index (χ2n) is 3.23. The molecule has 1 rings (SSSR count). The number of nitrogens with zero attached hydrogens (tertiary/aromatic N) is 1. The SMILES string of the molecule is CC(N1CCC(N)C1)S(N)(=O)=O.Cl. The molecule has 0 amide bonds. The van der Waals surface area contributed by atoms with E-state index in [2.05, 4.69) is 0 Å². The first kappa shape index (κ1) is 13.1. The van der Waals surface area contributed by atoms with E-state index in [1.807, 2.05) is 0 Å². The Morgan fingerprint density at radius 3 is 2.38 bits per heavy atom. The zero-order valence-electron chi connectivity index (χ0n) is 7.51. The number of rotatable bonds is 2. The van der Waals surface area contributed by atoms with Crippen LogP contribution in [0, 0.1) is 0 Å².